The second kappa shape index (κ2) is 6.64. The largest absolute Gasteiger partial charge is 1.00 e. The minimum Gasteiger partial charge on any atom is -0.862 e. The number of hydrogen-bond donors (Lipinski definition) is 4. The van der Waals surface area contributed by atoms with Crippen LogP contribution >= 0.6 is 0 Å². The summed E-state index contributed by atoms with van der Waals surface area (Å²) in [6.45, 7) is 1.09. The van der Waals surface area contributed by atoms with Gasteiger partial charge < -0.3 is 30.3 Å². The number of aliphatic carboxylic acids is 1. The molecule has 92 valence electrons. The molecule has 0 aromatic carbocycles. The van der Waals surface area contributed by atoms with E-state index >= 15 is 0 Å². The molecule has 1 heterocycles. The Hall–Kier alpha value is -0.220. The number of carboxylic acids is 1. The van der Waals surface area contributed by atoms with Crippen LogP contribution in [0, 0.1) is 0 Å². The maximum atomic E-state index is 10.7. The molecule has 9 heteroatoms. The van der Waals surface area contributed by atoms with Gasteiger partial charge in [0.05, 0.1) is 0 Å². The van der Waals surface area contributed by atoms with E-state index in [9.17, 15) is 25.2 Å². The van der Waals surface area contributed by atoms with Crippen LogP contribution in [0.5, 0.6) is 0 Å². The van der Waals surface area contributed by atoms with Gasteiger partial charge in [0, 0.05) is 0 Å². The van der Waals surface area contributed by atoms with Gasteiger partial charge in [-0.25, -0.2) is 4.79 Å². The van der Waals surface area contributed by atoms with Gasteiger partial charge >= 0.3 is 35.5 Å². The Morgan fingerprint density at radius 2 is 1.76 bits per heavy atom. The van der Waals surface area contributed by atoms with Crippen molar-refractivity contribution < 1.29 is 64.6 Å². The van der Waals surface area contributed by atoms with E-state index in [0.717, 1.165) is 6.92 Å². The summed E-state index contributed by atoms with van der Waals surface area (Å²) < 4.78 is 4.71. The first-order chi connectivity index (χ1) is 7.34. The van der Waals surface area contributed by atoms with Crippen LogP contribution in [0.1, 0.15) is 6.92 Å². The molecule has 0 spiro atoms. The summed E-state index contributed by atoms with van der Waals surface area (Å²) in [4.78, 5) is 13.9. The van der Waals surface area contributed by atoms with Crippen LogP contribution in [0.2, 0.25) is 0 Å². The predicted molar refractivity (Wildman–Crippen MR) is 47.4 cm³/mol. The normalized spacial score (nSPS) is 38.4. The zero-order chi connectivity index (χ0) is 12.5. The van der Waals surface area contributed by atoms with Crippen LogP contribution in [0.15, 0.2) is 4.99 Å². The second-order valence-electron chi connectivity index (χ2n) is 3.41. The quantitative estimate of drug-likeness (QED) is 0.219. The Bertz CT molecular complexity index is 306. The Morgan fingerprint density at radius 3 is 2.18 bits per heavy atom. The third kappa shape index (κ3) is 3.88. The topological polar surface area (TPSA) is 143 Å². The van der Waals surface area contributed by atoms with Crippen molar-refractivity contribution in [2.75, 3.05) is 0 Å². The summed E-state index contributed by atoms with van der Waals surface area (Å²) in [5.74, 6) is -2.20. The first-order valence-corrected chi connectivity index (χ1v) is 4.48. The Balaban J connectivity index is 0.00000256. The van der Waals surface area contributed by atoms with Crippen LogP contribution < -0.4 is 34.7 Å². The van der Waals surface area contributed by atoms with Gasteiger partial charge in [0.15, 0.2) is 12.3 Å². The molecule has 0 aromatic heterocycles. The van der Waals surface area contributed by atoms with Gasteiger partial charge in [-0.2, -0.15) is 0 Å². The number of nitrogens with zero attached hydrogens (tertiary/aromatic N) is 1. The number of aliphatic imine (C=N–C) groups is 1. The number of carbonyl (C=O) groups is 1. The van der Waals surface area contributed by atoms with Crippen molar-refractivity contribution in [2.45, 2.75) is 37.6 Å². The fraction of sp³-hybridized carbons (Fsp3) is 0.750. The van der Waals surface area contributed by atoms with E-state index in [0.29, 0.717) is 0 Å². The standard InChI is InChI=1S/C8H13NO7.Na/c1-2(10)9-7-5(13)3(11)4(12)6(16-7)8(14)15;/h3-7,11-13H,1H3,(H,9,10)(H,14,15);/q;+1/p-1/t3-,4-,5+,6-,7+;/m0./s1. The molecule has 1 aliphatic rings. The van der Waals surface area contributed by atoms with E-state index in [1.165, 1.54) is 0 Å². The Morgan fingerprint density at radius 1 is 1.24 bits per heavy atom. The number of ether oxygens (including phenoxy) is 1. The van der Waals surface area contributed by atoms with Crippen molar-refractivity contribution in [3.63, 3.8) is 0 Å². The summed E-state index contributed by atoms with van der Waals surface area (Å²) in [5, 5.41) is 47.3. The van der Waals surface area contributed by atoms with E-state index in [4.69, 9.17) is 9.84 Å². The van der Waals surface area contributed by atoms with Gasteiger partial charge in [-0.3, -0.25) is 4.99 Å². The van der Waals surface area contributed by atoms with Gasteiger partial charge in [0.1, 0.15) is 18.3 Å². The van der Waals surface area contributed by atoms with Crippen molar-refractivity contribution in [2.24, 2.45) is 4.99 Å². The smallest absolute Gasteiger partial charge is 0.862 e. The van der Waals surface area contributed by atoms with Crippen molar-refractivity contribution in [1.29, 1.82) is 0 Å². The van der Waals surface area contributed by atoms with Crippen molar-refractivity contribution in [1.82, 2.24) is 0 Å². The van der Waals surface area contributed by atoms with Gasteiger partial charge in [-0.1, -0.05) is 0 Å². The summed E-state index contributed by atoms with van der Waals surface area (Å²) in [7, 11) is 0. The third-order valence-corrected chi connectivity index (χ3v) is 2.14. The second-order valence-corrected chi connectivity index (χ2v) is 3.41. The van der Waals surface area contributed by atoms with E-state index in [-0.39, 0.29) is 29.6 Å². The van der Waals surface area contributed by atoms with Gasteiger partial charge in [-0.05, 0) is 12.8 Å². The average Bonchev–Trinajstić information content (AvgIpc) is 2.18. The molecule has 0 amide bonds. The molecule has 1 rings (SSSR count). The molecule has 4 N–H and O–H groups in total. The molecular formula is C8H12NNaO7. The SMILES string of the molecule is CC([O-])=N[C@@H]1O[C@H](C(=O)O)[C@@H](O)[C@H](O)[C@H]1O.[Na+]. The number of carboxylic acid groups (broad SMARTS) is 1. The van der Waals surface area contributed by atoms with Crippen LogP contribution in [0.4, 0.5) is 0 Å². The molecule has 0 saturated carbocycles. The van der Waals surface area contributed by atoms with Crippen molar-refractivity contribution in [3.05, 3.63) is 0 Å². The molecule has 0 aliphatic carbocycles. The maximum absolute atomic E-state index is 10.7. The number of rotatable bonds is 2. The van der Waals surface area contributed by atoms with Gasteiger partial charge in [-0.15, -0.1) is 0 Å². The molecule has 17 heavy (non-hydrogen) atoms. The molecule has 1 aliphatic heterocycles. The van der Waals surface area contributed by atoms with E-state index in [2.05, 4.69) is 4.99 Å². The zero-order valence-electron chi connectivity index (χ0n) is 9.35. The molecule has 0 bridgehead atoms. The average molecular weight is 257 g/mol. The summed E-state index contributed by atoms with van der Waals surface area (Å²) in [6, 6.07) is 0. The van der Waals surface area contributed by atoms with E-state index in [1.54, 1.807) is 0 Å². The number of aliphatic hydroxyl groups excluding tert-OH is 3. The fourth-order valence-corrected chi connectivity index (χ4v) is 1.35. The molecule has 0 radical (unpaired) electrons. The van der Waals surface area contributed by atoms with E-state index in [1.807, 2.05) is 0 Å². The van der Waals surface area contributed by atoms with Crippen LogP contribution in [-0.2, 0) is 9.53 Å². The predicted octanol–water partition coefficient (Wildman–Crippen LogP) is -6.34. The molecule has 5 atom stereocenters. The minimum atomic E-state index is -1.77. The molecule has 1 saturated heterocycles. The number of aliphatic hydroxyl groups is 3. The molecule has 8 nitrogen and oxygen atoms in total. The van der Waals surface area contributed by atoms with Gasteiger partial charge in [0.25, 0.3) is 0 Å². The van der Waals surface area contributed by atoms with Crippen LogP contribution in [-0.4, -0.2) is 62.9 Å². The fourth-order valence-electron chi connectivity index (χ4n) is 1.35. The first-order valence-electron chi connectivity index (χ1n) is 4.48. The Kier molecular flexibility index (Phi) is 6.56. The third-order valence-electron chi connectivity index (χ3n) is 2.14. The minimum absolute atomic E-state index is 0. The zero-order valence-corrected chi connectivity index (χ0v) is 11.3. The summed E-state index contributed by atoms with van der Waals surface area (Å²) >= 11 is 0. The van der Waals surface area contributed by atoms with Crippen LogP contribution in [0.3, 0.4) is 0 Å². The van der Waals surface area contributed by atoms with Crippen molar-refractivity contribution >= 4 is 11.9 Å². The number of hydrogen-bond acceptors (Lipinski definition) is 7. The summed E-state index contributed by atoms with van der Waals surface area (Å²) in [5.41, 5.74) is 0. The van der Waals surface area contributed by atoms with Crippen molar-refractivity contribution in [3.8, 4) is 0 Å². The van der Waals surface area contributed by atoms with Gasteiger partial charge in [0.2, 0.25) is 0 Å². The maximum Gasteiger partial charge on any atom is 1.00 e. The van der Waals surface area contributed by atoms with E-state index < -0.39 is 42.5 Å². The Labute approximate surface area is 119 Å². The molecule has 0 unspecified atom stereocenters. The van der Waals surface area contributed by atoms with Crippen LogP contribution in [0.25, 0.3) is 0 Å². The molecule has 0 aromatic rings. The first kappa shape index (κ1) is 16.8. The monoisotopic (exact) mass is 257 g/mol. The molecule has 1 fully saturated rings. The molecular weight excluding hydrogens is 245 g/mol. The summed E-state index contributed by atoms with van der Waals surface area (Å²) in [6.07, 6.45) is -8.37.